The van der Waals surface area contributed by atoms with Crippen molar-refractivity contribution in [3.63, 3.8) is 0 Å². The number of hydrogen-bond donors (Lipinski definition) is 1. The summed E-state index contributed by atoms with van der Waals surface area (Å²) in [6.07, 6.45) is 1.62. The SMILES string of the molecule is CCC1(CC)NCCOC1=O. The predicted octanol–water partition coefficient (Wildman–Crippen LogP) is 0.692. The first-order valence-corrected chi connectivity index (χ1v) is 4.17. The fraction of sp³-hybridized carbons (Fsp3) is 0.875. The number of ether oxygens (including phenoxy) is 1. The van der Waals surface area contributed by atoms with Crippen molar-refractivity contribution in [3.05, 3.63) is 0 Å². The Kier molecular flexibility index (Phi) is 2.49. The number of morpholine rings is 1. The van der Waals surface area contributed by atoms with E-state index in [0.717, 1.165) is 19.4 Å². The molecule has 1 N–H and O–H groups in total. The fourth-order valence-corrected chi connectivity index (χ4v) is 1.43. The van der Waals surface area contributed by atoms with Crippen LogP contribution in [-0.2, 0) is 9.53 Å². The maximum absolute atomic E-state index is 11.3. The zero-order chi connectivity index (χ0) is 8.32. The van der Waals surface area contributed by atoms with Gasteiger partial charge in [0, 0.05) is 6.54 Å². The van der Waals surface area contributed by atoms with Gasteiger partial charge in [-0.1, -0.05) is 13.8 Å². The van der Waals surface area contributed by atoms with Gasteiger partial charge in [-0.2, -0.15) is 0 Å². The molecule has 11 heavy (non-hydrogen) atoms. The van der Waals surface area contributed by atoms with Gasteiger partial charge in [0.05, 0.1) is 0 Å². The molecule has 0 atom stereocenters. The molecule has 0 aromatic carbocycles. The molecule has 1 saturated heterocycles. The van der Waals surface area contributed by atoms with E-state index in [2.05, 4.69) is 5.32 Å². The number of hydrogen-bond acceptors (Lipinski definition) is 3. The van der Waals surface area contributed by atoms with E-state index in [-0.39, 0.29) is 5.97 Å². The van der Waals surface area contributed by atoms with Crippen LogP contribution in [0.4, 0.5) is 0 Å². The van der Waals surface area contributed by atoms with Crippen LogP contribution in [0.15, 0.2) is 0 Å². The van der Waals surface area contributed by atoms with Crippen LogP contribution < -0.4 is 5.32 Å². The third kappa shape index (κ3) is 1.38. The van der Waals surface area contributed by atoms with E-state index in [1.807, 2.05) is 13.8 Å². The number of rotatable bonds is 2. The molecule has 1 fully saturated rings. The number of cyclic esters (lactones) is 1. The second-order valence-corrected chi connectivity index (χ2v) is 2.85. The first-order valence-electron chi connectivity index (χ1n) is 4.17. The van der Waals surface area contributed by atoms with Gasteiger partial charge < -0.3 is 4.74 Å². The van der Waals surface area contributed by atoms with Gasteiger partial charge in [-0.25, -0.2) is 0 Å². The minimum absolute atomic E-state index is 0.0891. The molecule has 1 rings (SSSR count). The van der Waals surface area contributed by atoms with E-state index < -0.39 is 5.54 Å². The fourth-order valence-electron chi connectivity index (χ4n) is 1.43. The first kappa shape index (κ1) is 8.53. The van der Waals surface area contributed by atoms with E-state index >= 15 is 0 Å². The highest BCUT2D eigenvalue weighted by Crippen LogP contribution is 2.19. The summed E-state index contributed by atoms with van der Waals surface area (Å²) in [5.74, 6) is -0.0891. The molecule has 0 spiro atoms. The van der Waals surface area contributed by atoms with Gasteiger partial charge in [0.1, 0.15) is 12.1 Å². The van der Waals surface area contributed by atoms with Crippen LogP contribution in [-0.4, -0.2) is 24.7 Å². The highest BCUT2D eigenvalue weighted by molar-refractivity contribution is 5.81. The van der Waals surface area contributed by atoms with Crippen molar-refractivity contribution in [2.75, 3.05) is 13.2 Å². The summed E-state index contributed by atoms with van der Waals surface area (Å²) in [5, 5.41) is 3.21. The molecule has 0 aliphatic carbocycles. The van der Waals surface area contributed by atoms with Crippen LogP contribution >= 0.6 is 0 Å². The van der Waals surface area contributed by atoms with Crippen LogP contribution in [0, 0.1) is 0 Å². The van der Waals surface area contributed by atoms with Crippen molar-refractivity contribution in [2.24, 2.45) is 0 Å². The van der Waals surface area contributed by atoms with Gasteiger partial charge >= 0.3 is 5.97 Å². The molecule has 0 radical (unpaired) electrons. The molecule has 1 heterocycles. The largest absolute Gasteiger partial charge is 0.463 e. The molecule has 3 nitrogen and oxygen atoms in total. The third-order valence-corrected chi connectivity index (χ3v) is 2.40. The van der Waals surface area contributed by atoms with Gasteiger partial charge in [-0.3, -0.25) is 10.1 Å². The summed E-state index contributed by atoms with van der Waals surface area (Å²) in [7, 11) is 0. The monoisotopic (exact) mass is 157 g/mol. The second-order valence-electron chi connectivity index (χ2n) is 2.85. The lowest BCUT2D eigenvalue weighted by atomic mass is 9.92. The quantitative estimate of drug-likeness (QED) is 0.599. The molecule has 0 amide bonds. The standard InChI is InChI=1S/C8H15NO2/c1-3-8(4-2)7(10)11-6-5-9-8/h9H,3-6H2,1-2H3. The number of carbonyl (C=O) groups is 1. The summed E-state index contributed by atoms with van der Waals surface area (Å²) < 4.78 is 4.97. The highest BCUT2D eigenvalue weighted by Gasteiger charge is 2.38. The summed E-state index contributed by atoms with van der Waals surface area (Å²) in [6.45, 7) is 5.31. The number of esters is 1. The minimum atomic E-state index is -0.391. The Morgan fingerprint density at radius 2 is 2.18 bits per heavy atom. The van der Waals surface area contributed by atoms with Crippen molar-refractivity contribution in [1.29, 1.82) is 0 Å². The molecule has 0 bridgehead atoms. The molecule has 1 aliphatic rings. The normalized spacial score (nSPS) is 22.9. The molecular weight excluding hydrogens is 142 g/mol. The van der Waals surface area contributed by atoms with Gasteiger partial charge in [0.2, 0.25) is 0 Å². The maximum Gasteiger partial charge on any atom is 0.326 e. The Morgan fingerprint density at radius 3 is 2.55 bits per heavy atom. The van der Waals surface area contributed by atoms with Crippen LogP contribution in [0.5, 0.6) is 0 Å². The van der Waals surface area contributed by atoms with Crippen LogP contribution in [0.1, 0.15) is 26.7 Å². The average Bonchev–Trinajstić information content (AvgIpc) is 2.06. The summed E-state index contributed by atoms with van der Waals surface area (Å²) >= 11 is 0. The van der Waals surface area contributed by atoms with Crippen molar-refractivity contribution in [3.8, 4) is 0 Å². The third-order valence-electron chi connectivity index (χ3n) is 2.40. The van der Waals surface area contributed by atoms with Crippen molar-refractivity contribution in [1.82, 2.24) is 5.32 Å². The van der Waals surface area contributed by atoms with E-state index in [1.54, 1.807) is 0 Å². The van der Waals surface area contributed by atoms with Gasteiger partial charge in [-0.05, 0) is 12.8 Å². The topological polar surface area (TPSA) is 38.3 Å². The smallest absolute Gasteiger partial charge is 0.326 e. The number of carbonyl (C=O) groups excluding carboxylic acids is 1. The highest BCUT2D eigenvalue weighted by atomic mass is 16.5. The van der Waals surface area contributed by atoms with Gasteiger partial charge in [-0.15, -0.1) is 0 Å². The molecular formula is C8H15NO2. The van der Waals surface area contributed by atoms with Crippen LogP contribution in [0.25, 0.3) is 0 Å². The molecule has 1 aliphatic heterocycles. The molecule has 0 aromatic rings. The van der Waals surface area contributed by atoms with Crippen molar-refractivity contribution >= 4 is 5.97 Å². The van der Waals surface area contributed by atoms with Crippen LogP contribution in [0.2, 0.25) is 0 Å². The van der Waals surface area contributed by atoms with Crippen LogP contribution in [0.3, 0.4) is 0 Å². The Morgan fingerprint density at radius 1 is 1.55 bits per heavy atom. The lowest BCUT2D eigenvalue weighted by molar-refractivity contribution is -0.156. The van der Waals surface area contributed by atoms with E-state index in [9.17, 15) is 4.79 Å². The first-order chi connectivity index (χ1) is 5.25. The average molecular weight is 157 g/mol. The molecule has 0 aromatic heterocycles. The molecule has 0 saturated carbocycles. The zero-order valence-electron chi connectivity index (χ0n) is 7.14. The molecule has 3 heteroatoms. The van der Waals surface area contributed by atoms with Gasteiger partial charge in [0.25, 0.3) is 0 Å². The Labute approximate surface area is 67.1 Å². The second kappa shape index (κ2) is 3.22. The Bertz CT molecular complexity index is 152. The Hall–Kier alpha value is -0.570. The lowest BCUT2D eigenvalue weighted by Gasteiger charge is -2.34. The van der Waals surface area contributed by atoms with E-state index in [4.69, 9.17) is 4.74 Å². The van der Waals surface area contributed by atoms with Crippen molar-refractivity contribution < 1.29 is 9.53 Å². The maximum atomic E-state index is 11.3. The number of nitrogens with one attached hydrogen (secondary N) is 1. The summed E-state index contributed by atoms with van der Waals surface area (Å²) in [6, 6.07) is 0. The van der Waals surface area contributed by atoms with Gasteiger partial charge in [0.15, 0.2) is 0 Å². The lowest BCUT2D eigenvalue weighted by Crippen LogP contribution is -2.57. The molecule has 64 valence electrons. The minimum Gasteiger partial charge on any atom is -0.463 e. The Balaban J connectivity index is 2.69. The molecule has 0 unspecified atom stereocenters. The zero-order valence-corrected chi connectivity index (χ0v) is 7.14. The van der Waals surface area contributed by atoms with E-state index in [0.29, 0.717) is 6.61 Å². The summed E-state index contributed by atoms with van der Waals surface area (Å²) in [5.41, 5.74) is -0.391. The van der Waals surface area contributed by atoms with Crippen molar-refractivity contribution in [2.45, 2.75) is 32.2 Å². The van der Waals surface area contributed by atoms with E-state index in [1.165, 1.54) is 0 Å². The summed E-state index contributed by atoms with van der Waals surface area (Å²) in [4.78, 5) is 11.3. The predicted molar refractivity (Wildman–Crippen MR) is 42.3 cm³/mol.